The van der Waals surface area contributed by atoms with Crippen LogP contribution in [0.3, 0.4) is 0 Å². The number of alkyl halides is 4. The average molecular weight is 279 g/mol. The van der Waals surface area contributed by atoms with E-state index < -0.39 is 24.6 Å². The SMILES string of the molecule is Oc1ccccc1C1=NO[C@](O)(C(F)(F)C(F)F)C1. The number of benzene rings is 1. The molecule has 1 aromatic carbocycles. The quantitative estimate of drug-likeness (QED) is 0.833. The maximum absolute atomic E-state index is 13.2. The number of phenols is 1. The lowest BCUT2D eigenvalue weighted by molar-refractivity contribution is -0.338. The van der Waals surface area contributed by atoms with Crippen LogP contribution in [0.1, 0.15) is 12.0 Å². The number of aromatic hydroxyl groups is 1. The average Bonchev–Trinajstić information content (AvgIpc) is 2.74. The zero-order valence-corrected chi connectivity index (χ0v) is 9.36. The van der Waals surface area contributed by atoms with E-state index in [0.717, 1.165) is 0 Å². The first-order valence-electron chi connectivity index (χ1n) is 5.20. The molecule has 0 bridgehead atoms. The first-order chi connectivity index (χ1) is 8.78. The highest BCUT2D eigenvalue weighted by Gasteiger charge is 2.65. The zero-order valence-electron chi connectivity index (χ0n) is 9.36. The van der Waals surface area contributed by atoms with Crippen molar-refractivity contribution in [2.75, 3.05) is 0 Å². The third-order valence-electron chi connectivity index (χ3n) is 2.72. The molecule has 0 unspecified atom stereocenters. The van der Waals surface area contributed by atoms with Crippen LogP contribution in [0.4, 0.5) is 17.6 Å². The van der Waals surface area contributed by atoms with Crippen molar-refractivity contribution in [3.63, 3.8) is 0 Å². The van der Waals surface area contributed by atoms with Gasteiger partial charge < -0.3 is 15.1 Å². The molecule has 0 fully saturated rings. The molecular formula is C11H9F4NO3. The van der Waals surface area contributed by atoms with Crippen molar-refractivity contribution < 1.29 is 32.6 Å². The van der Waals surface area contributed by atoms with Gasteiger partial charge in [-0.05, 0) is 12.1 Å². The van der Waals surface area contributed by atoms with Gasteiger partial charge in [0.25, 0.3) is 0 Å². The molecule has 8 heteroatoms. The third kappa shape index (κ3) is 2.12. The van der Waals surface area contributed by atoms with Crippen LogP contribution in [0.2, 0.25) is 0 Å². The Morgan fingerprint density at radius 1 is 1.32 bits per heavy atom. The van der Waals surface area contributed by atoms with Crippen molar-refractivity contribution in [1.29, 1.82) is 0 Å². The van der Waals surface area contributed by atoms with Gasteiger partial charge in [0.2, 0.25) is 0 Å². The smallest absolute Gasteiger partial charge is 0.373 e. The third-order valence-corrected chi connectivity index (χ3v) is 2.72. The summed E-state index contributed by atoms with van der Waals surface area (Å²) in [7, 11) is 0. The maximum Gasteiger partial charge on any atom is 0.373 e. The van der Waals surface area contributed by atoms with E-state index in [2.05, 4.69) is 9.99 Å². The molecule has 0 amide bonds. The Labute approximate surface area is 104 Å². The Balaban J connectivity index is 2.27. The number of hydrogen-bond donors (Lipinski definition) is 2. The molecule has 1 aliphatic heterocycles. The number of rotatable bonds is 3. The Morgan fingerprint density at radius 3 is 2.53 bits per heavy atom. The van der Waals surface area contributed by atoms with Gasteiger partial charge in [-0.25, -0.2) is 8.78 Å². The van der Waals surface area contributed by atoms with Crippen molar-refractivity contribution in [3.05, 3.63) is 29.8 Å². The fourth-order valence-electron chi connectivity index (χ4n) is 1.63. The van der Waals surface area contributed by atoms with Gasteiger partial charge in [0.15, 0.2) is 0 Å². The molecule has 2 N–H and O–H groups in total. The van der Waals surface area contributed by atoms with Gasteiger partial charge in [-0.1, -0.05) is 17.3 Å². The molecule has 2 rings (SSSR count). The molecule has 1 aliphatic rings. The minimum Gasteiger partial charge on any atom is -0.507 e. The second-order valence-corrected chi connectivity index (χ2v) is 4.03. The van der Waals surface area contributed by atoms with E-state index in [9.17, 15) is 27.8 Å². The Hall–Kier alpha value is -1.83. The molecule has 0 saturated heterocycles. The number of halogens is 4. The molecule has 0 aromatic heterocycles. The predicted molar refractivity (Wildman–Crippen MR) is 56.2 cm³/mol. The molecule has 1 heterocycles. The summed E-state index contributed by atoms with van der Waals surface area (Å²) in [6.45, 7) is 0. The van der Waals surface area contributed by atoms with Crippen molar-refractivity contribution in [2.24, 2.45) is 5.16 Å². The van der Waals surface area contributed by atoms with Gasteiger partial charge in [-0.3, -0.25) is 0 Å². The van der Waals surface area contributed by atoms with Crippen LogP contribution in [0.5, 0.6) is 5.75 Å². The van der Waals surface area contributed by atoms with E-state index in [4.69, 9.17) is 0 Å². The number of hydrogen-bond acceptors (Lipinski definition) is 4. The zero-order chi connectivity index (χ0) is 14.3. The molecule has 0 aliphatic carbocycles. The lowest BCUT2D eigenvalue weighted by Crippen LogP contribution is -2.52. The monoisotopic (exact) mass is 279 g/mol. The number of para-hydroxylation sites is 1. The fraction of sp³-hybridized carbons (Fsp3) is 0.364. The normalized spacial score (nSPS) is 23.4. The van der Waals surface area contributed by atoms with Crippen LogP contribution in [-0.4, -0.2) is 34.1 Å². The van der Waals surface area contributed by atoms with E-state index in [1.54, 1.807) is 0 Å². The van der Waals surface area contributed by atoms with E-state index in [0.29, 0.717) is 0 Å². The molecular weight excluding hydrogens is 270 g/mol. The summed E-state index contributed by atoms with van der Waals surface area (Å²) in [6.07, 6.45) is -5.06. The van der Waals surface area contributed by atoms with Gasteiger partial charge >= 0.3 is 18.1 Å². The van der Waals surface area contributed by atoms with Crippen LogP contribution < -0.4 is 0 Å². The second-order valence-electron chi connectivity index (χ2n) is 4.03. The summed E-state index contributed by atoms with van der Waals surface area (Å²) in [5.74, 6) is -8.48. The second kappa shape index (κ2) is 4.37. The topological polar surface area (TPSA) is 62.1 Å². The van der Waals surface area contributed by atoms with Crippen LogP contribution >= 0.6 is 0 Å². The molecule has 0 radical (unpaired) electrons. The number of phenolic OH excluding ortho intramolecular Hbond substituents is 1. The summed E-state index contributed by atoms with van der Waals surface area (Å²) in [4.78, 5) is 4.09. The Kier molecular flexibility index (Phi) is 3.13. The molecule has 4 nitrogen and oxygen atoms in total. The van der Waals surface area contributed by atoms with E-state index in [1.807, 2.05) is 0 Å². The van der Waals surface area contributed by atoms with Crippen LogP contribution in [-0.2, 0) is 4.84 Å². The Bertz CT molecular complexity index is 520. The summed E-state index contributed by atoms with van der Waals surface area (Å²) >= 11 is 0. The van der Waals surface area contributed by atoms with Gasteiger partial charge in [0, 0.05) is 5.56 Å². The van der Waals surface area contributed by atoms with E-state index in [1.165, 1.54) is 24.3 Å². The summed E-state index contributed by atoms with van der Waals surface area (Å²) in [5, 5.41) is 22.1. The van der Waals surface area contributed by atoms with Crippen LogP contribution in [0, 0.1) is 0 Å². The highest BCUT2D eigenvalue weighted by Crippen LogP contribution is 2.42. The summed E-state index contributed by atoms with van der Waals surface area (Å²) in [5.41, 5.74) is -0.204. The number of oxime groups is 1. The number of aliphatic hydroxyl groups is 1. The van der Waals surface area contributed by atoms with Gasteiger partial charge in [-0.15, -0.1) is 0 Å². The summed E-state index contributed by atoms with van der Waals surface area (Å²) in [6, 6.07) is 5.57. The van der Waals surface area contributed by atoms with Crippen molar-refractivity contribution in [3.8, 4) is 5.75 Å². The minimum atomic E-state index is -4.78. The van der Waals surface area contributed by atoms with Crippen molar-refractivity contribution >= 4 is 5.71 Å². The number of nitrogens with zero attached hydrogens (tertiary/aromatic N) is 1. The van der Waals surface area contributed by atoms with E-state index >= 15 is 0 Å². The molecule has 1 aromatic rings. The molecule has 1 atom stereocenters. The Morgan fingerprint density at radius 2 is 1.95 bits per heavy atom. The lowest BCUT2D eigenvalue weighted by atomic mass is 9.98. The fourth-order valence-corrected chi connectivity index (χ4v) is 1.63. The van der Waals surface area contributed by atoms with Gasteiger partial charge in [-0.2, -0.15) is 8.78 Å². The standard InChI is InChI=1S/C11H9F4NO3/c12-9(13)11(14,15)10(18)5-7(16-19-10)6-3-1-2-4-8(6)17/h1-4,9,17-18H,5H2/t10-/m0/s1. The van der Waals surface area contributed by atoms with Crippen LogP contribution in [0.25, 0.3) is 0 Å². The largest absolute Gasteiger partial charge is 0.507 e. The van der Waals surface area contributed by atoms with Crippen LogP contribution in [0.15, 0.2) is 29.4 Å². The van der Waals surface area contributed by atoms with E-state index in [-0.39, 0.29) is 17.0 Å². The van der Waals surface area contributed by atoms with Crippen molar-refractivity contribution in [1.82, 2.24) is 0 Å². The minimum absolute atomic E-state index is 0.0310. The first-order valence-corrected chi connectivity index (χ1v) is 5.20. The molecule has 104 valence electrons. The highest BCUT2D eigenvalue weighted by molar-refractivity contribution is 6.03. The molecule has 19 heavy (non-hydrogen) atoms. The summed E-state index contributed by atoms with van der Waals surface area (Å²) < 4.78 is 50.8. The molecule has 0 saturated carbocycles. The molecule has 0 spiro atoms. The predicted octanol–water partition coefficient (Wildman–Crippen LogP) is 2.11. The maximum atomic E-state index is 13.2. The lowest BCUT2D eigenvalue weighted by Gasteiger charge is -2.28. The van der Waals surface area contributed by atoms with Gasteiger partial charge in [0.05, 0.1) is 12.1 Å². The van der Waals surface area contributed by atoms with Gasteiger partial charge in [0.1, 0.15) is 5.75 Å². The first kappa shape index (κ1) is 13.6. The van der Waals surface area contributed by atoms with Crippen molar-refractivity contribution in [2.45, 2.75) is 24.6 Å². The highest BCUT2D eigenvalue weighted by atomic mass is 19.3.